The fourth-order valence-electron chi connectivity index (χ4n) is 3.49. The number of anilines is 1. The molecule has 1 aliphatic carbocycles. The minimum Gasteiger partial charge on any atom is -0.354 e. The molecular weight excluding hydrogens is 421 g/mol. The number of hydrogen-bond donors (Lipinski definition) is 3. The van der Waals surface area contributed by atoms with Gasteiger partial charge < -0.3 is 10.6 Å². The van der Waals surface area contributed by atoms with Gasteiger partial charge in [-0.25, -0.2) is 12.8 Å². The highest BCUT2D eigenvalue weighted by Crippen LogP contribution is 2.23. The molecule has 0 saturated heterocycles. The second-order valence-electron chi connectivity index (χ2n) is 7.52. The number of carbonyl (C=O) groups is 2. The van der Waals surface area contributed by atoms with Gasteiger partial charge >= 0.3 is 0 Å². The lowest BCUT2D eigenvalue weighted by Gasteiger charge is -2.20. The van der Waals surface area contributed by atoms with Gasteiger partial charge in [0.25, 0.3) is 15.9 Å². The van der Waals surface area contributed by atoms with Crippen LogP contribution in [-0.2, 0) is 14.8 Å². The van der Waals surface area contributed by atoms with Crippen molar-refractivity contribution in [2.45, 2.75) is 37.0 Å². The molecule has 0 aliphatic heterocycles. The molecule has 166 valence electrons. The molecule has 2 aromatic carbocycles. The van der Waals surface area contributed by atoms with E-state index in [1.165, 1.54) is 42.8 Å². The van der Waals surface area contributed by atoms with E-state index >= 15 is 0 Å². The van der Waals surface area contributed by atoms with Gasteiger partial charge in [-0.2, -0.15) is 0 Å². The van der Waals surface area contributed by atoms with Gasteiger partial charge in [0.05, 0.1) is 4.90 Å². The summed E-state index contributed by atoms with van der Waals surface area (Å²) in [5.41, 5.74) is 0.643. The largest absolute Gasteiger partial charge is 0.354 e. The number of rotatable bonds is 8. The first-order valence-electron chi connectivity index (χ1n) is 10.3. The lowest BCUT2D eigenvalue weighted by Crippen LogP contribution is -2.38. The normalized spacial score (nSPS) is 14.6. The summed E-state index contributed by atoms with van der Waals surface area (Å²) in [6, 6.07) is 10.4. The van der Waals surface area contributed by atoms with Gasteiger partial charge in [-0.3, -0.25) is 14.3 Å². The Hall–Kier alpha value is -2.94. The lowest BCUT2D eigenvalue weighted by molar-refractivity contribution is -0.125. The maximum atomic E-state index is 13.0. The Morgan fingerprint density at radius 1 is 0.871 bits per heavy atom. The molecule has 0 bridgehead atoms. The Morgan fingerprint density at radius 2 is 1.48 bits per heavy atom. The molecule has 0 spiro atoms. The summed E-state index contributed by atoms with van der Waals surface area (Å²) in [4.78, 5) is 24.3. The summed E-state index contributed by atoms with van der Waals surface area (Å²) in [6.07, 6.45) is 5.22. The van der Waals surface area contributed by atoms with Gasteiger partial charge in [-0.15, -0.1) is 0 Å². The van der Waals surface area contributed by atoms with Crippen LogP contribution < -0.4 is 15.4 Å². The molecular formula is C22H26FN3O4S. The van der Waals surface area contributed by atoms with Gasteiger partial charge in [0.15, 0.2) is 0 Å². The second-order valence-corrected chi connectivity index (χ2v) is 9.20. The van der Waals surface area contributed by atoms with E-state index in [0.717, 1.165) is 37.8 Å². The molecule has 0 heterocycles. The van der Waals surface area contributed by atoms with E-state index in [1.54, 1.807) is 0 Å². The standard InChI is InChI=1S/C22H26FN3O4S/c23-18-8-12-20(13-9-18)31(29,30)26-19-10-6-17(7-11-19)22(28)25-15-14-24-21(27)16-4-2-1-3-5-16/h6-13,16,26H,1-5,14-15H2,(H,24,27)(H,25,28). The number of nitrogens with one attached hydrogen (secondary N) is 3. The quantitative estimate of drug-likeness (QED) is 0.541. The van der Waals surface area contributed by atoms with Crippen molar-refractivity contribution in [2.75, 3.05) is 17.8 Å². The molecule has 0 unspecified atom stereocenters. The zero-order chi connectivity index (χ0) is 22.3. The maximum absolute atomic E-state index is 13.0. The third kappa shape index (κ3) is 6.52. The molecule has 7 nitrogen and oxygen atoms in total. The zero-order valence-electron chi connectivity index (χ0n) is 17.1. The number of sulfonamides is 1. The van der Waals surface area contributed by atoms with Crippen LogP contribution in [0.1, 0.15) is 42.5 Å². The summed E-state index contributed by atoms with van der Waals surface area (Å²) in [5.74, 6) is -0.717. The molecule has 0 aromatic heterocycles. The molecule has 1 aliphatic rings. The SMILES string of the molecule is O=C(NCCNC(=O)C1CCCCC1)c1ccc(NS(=O)(=O)c2ccc(F)cc2)cc1. The molecule has 3 N–H and O–H groups in total. The highest BCUT2D eigenvalue weighted by atomic mass is 32.2. The number of hydrogen-bond acceptors (Lipinski definition) is 4. The summed E-state index contributed by atoms with van der Waals surface area (Å²) < 4.78 is 40.0. The molecule has 0 radical (unpaired) electrons. The Labute approximate surface area is 181 Å². The molecule has 1 saturated carbocycles. The van der Waals surface area contributed by atoms with E-state index < -0.39 is 15.8 Å². The minimum atomic E-state index is -3.86. The van der Waals surface area contributed by atoms with Crippen LogP contribution in [-0.4, -0.2) is 33.3 Å². The van der Waals surface area contributed by atoms with Crippen molar-refractivity contribution in [2.24, 2.45) is 5.92 Å². The first-order valence-corrected chi connectivity index (χ1v) is 11.8. The first kappa shape index (κ1) is 22.7. The number of amides is 2. The average molecular weight is 448 g/mol. The second kappa shape index (κ2) is 10.4. The maximum Gasteiger partial charge on any atom is 0.261 e. The molecule has 2 amide bonds. The van der Waals surface area contributed by atoms with Crippen molar-refractivity contribution in [3.8, 4) is 0 Å². The fraction of sp³-hybridized carbons (Fsp3) is 0.364. The molecule has 9 heteroatoms. The molecule has 2 aromatic rings. The molecule has 3 rings (SSSR count). The van der Waals surface area contributed by atoms with Crippen molar-refractivity contribution in [3.63, 3.8) is 0 Å². The van der Waals surface area contributed by atoms with Gasteiger partial charge in [0, 0.05) is 30.3 Å². The van der Waals surface area contributed by atoms with Crippen molar-refractivity contribution in [1.82, 2.24) is 10.6 Å². The Kier molecular flexibility index (Phi) is 7.62. The predicted molar refractivity (Wildman–Crippen MR) is 116 cm³/mol. The van der Waals surface area contributed by atoms with Crippen LogP contribution in [0.15, 0.2) is 53.4 Å². The van der Waals surface area contributed by atoms with E-state index in [-0.39, 0.29) is 28.3 Å². The zero-order valence-corrected chi connectivity index (χ0v) is 17.9. The van der Waals surface area contributed by atoms with Crippen LogP contribution in [0.25, 0.3) is 0 Å². The van der Waals surface area contributed by atoms with Crippen molar-refractivity contribution in [3.05, 3.63) is 59.9 Å². The average Bonchev–Trinajstić information content (AvgIpc) is 2.77. The van der Waals surface area contributed by atoms with Crippen LogP contribution >= 0.6 is 0 Å². The number of benzene rings is 2. The monoisotopic (exact) mass is 447 g/mol. The van der Waals surface area contributed by atoms with Crippen molar-refractivity contribution >= 4 is 27.5 Å². The summed E-state index contributed by atoms with van der Waals surface area (Å²) in [7, 11) is -3.86. The van der Waals surface area contributed by atoms with Gasteiger partial charge in [0.2, 0.25) is 5.91 Å². The summed E-state index contributed by atoms with van der Waals surface area (Å²) in [6.45, 7) is 0.660. The van der Waals surface area contributed by atoms with E-state index in [2.05, 4.69) is 15.4 Å². The van der Waals surface area contributed by atoms with Crippen LogP contribution in [0.2, 0.25) is 0 Å². The smallest absolute Gasteiger partial charge is 0.261 e. The van der Waals surface area contributed by atoms with E-state index in [9.17, 15) is 22.4 Å². The summed E-state index contributed by atoms with van der Waals surface area (Å²) >= 11 is 0. The van der Waals surface area contributed by atoms with Gasteiger partial charge in [-0.05, 0) is 61.4 Å². The van der Waals surface area contributed by atoms with E-state index in [0.29, 0.717) is 18.7 Å². The van der Waals surface area contributed by atoms with E-state index in [1.807, 2.05) is 0 Å². The molecule has 1 fully saturated rings. The minimum absolute atomic E-state index is 0.0479. The van der Waals surface area contributed by atoms with Crippen LogP contribution in [0.3, 0.4) is 0 Å². The highest BCUT2D eigenvalue weighted by molar-refractivity contribution is 7.92. The van der Waals surface area contributed by atoms with Gasteiger partial charge in [-0.1, -0.05) is 19.3 Å². The van der Waals surface area contributed by atoms with Crippen LogP contribution in [0, 0.1) is 11.7 Å². The molecule has 0 atom stereocenters. The third-order valence-corrected chi connectivity index (χ3v) is 6.61. The number of halogens is 1. The Balaban J connectivity index is 1.46. The Bertz CT molecular complexity index is 1000. The Morgan fingerprint density at radius 3 is 2.13 bits per heavy atom. The fourth-order valence-corrected chi connectivity index (χ4v) is 4.55. The van der Waals surface area contributed by atoms with Gasteiger partial charge in [0.1, 0.15) is 5.82 Å². The molecule has 31 heavy (non-hydrogen) atoms. The summed E-state index contributed by atoms with van der Waals surface area (Å²) in [5, 5.41) is 5.59. The van der Waals surface area contributed by atoms with Crippen LogP contribution in [0.4, 0.5) is 10.1 Å². The van der Waals surface area contributed by atoms with Crippen LogP contribution in [0.5, 0.6) is 0 Å². The third-order valence-electron chi connectivity index (χ3n) is 5.21. The van der Waals surface area contributed by atoms with Crippen molar-refractivity contribution < 1.29 is 22.4 Å². The number of carbonyl (C=O) groups excluding carboxylic acids is 2. The lowest BCUT2D eigenvalue weighted by atomic mass is 9.89. The highest BCUT2D eigenvalue weighted by Gasteiger charge is 2.20. The predicted octanol–water partition coefficient (Wildman–Crippen LogP) is 3.05. The first-order chi connectivity index (χ1) is 14.8. The van der Waals surface area contributed by atoms with Crippen molar-refractivity contribution in [1.29, 1.82) is 0 Å². The van der Waals surface area contributed by atoms with E-state index in [4.69, 9.17) is 0 Å². The topological polar surface area (TPSA) is 104 Å².